The van der Waals surface area contributed by atoms with Crippen LogP contribution in [-0.2, 0) is 12.7 Å². The van der Waals surface area contributed by atoms with Gasteiger partial charge in [-0.3, -0.25) is 5.43 Å². The highest BCUT2D eigenvalue weighted by molar-refractivity contribution is 5.38. The van der Waals surface area contributed by atoms with Gasteiger partial charge < -0.3 is 5.32 Å². The molecule has 2 aromatic rings. The Bertz CT molecular complexity index is 989. The second-order valence-corrected chi connectivity index (χ2v) is 8.81. The van der Waals surface area contributed by atoms with Crippen LogP contribution >= 0.6 is 0 Å². The molecule has 1 aliphatic carbocycles. The Hall–Kier alpha value is -2.47. The molecule has 5 unspecified atom stereocenters. The van der Waals surface area contributed by atoms with Gasteiger partial charge in [0.2, 0.25) is 0 Å². The zero-order chi connectivity index (χ0) is 23.0. The van der Waals surface area contributed by atoms with E-state index in [0.29, 0.717) is 24.9 Å². The maximum absolute atomic E-state index is 15.2. The van der Waals surface area contributed by atoms with Crippen LogP contribution in [0.2, 0.25) is 0 Å². The maximum Gasteiger partial charge on any atom is 0.416 e. The summed E-state index contributed by atoms with van der Waals surface area (Å²) >= 11 is 0. The smallest absolute Gasteiger partial charge is 0.316 e. The van der Waals surface area contributed by atoms with Crippen molar-refractivity contribution in [2.75, 3.05) is 7.05 Å². The molecule has 0 aromatic heterocycles. The van der Waals surface area contributed by atoms with Crippen molar-refractivity contribution >= 4 is 0 Å². The summed E-state index contributed by atoms with van der Waals surface area (Å²) in [5.74, 6) is -0.898. The molecule has 2 aromatic carbocycles. The molecule has 1 heterocycles. The summed E-state index contributed by atoms with van der Waals surface area (Å²) in [6, 6.07) is 10.8. The number of fused-ring (bicyclic) bond motifs is 1. The molecule has 3 N–H and O–H groups in total. The molecule has 0 spiro atoms. The third-order valence-electron chi connectivity index (χ3n) is 6.80. The van der Waals surface area contributed by atoms with E-state index in [2.05, 4.69) is 22.2 Å². The van der Waals surface area contributed by atoms with Crippen LogP contribution < -0.4 is 16.2 Å². The summed E-state index contributed by atoms with van der Waals surface area (Å²) < 4.78 is 54.0. The second-order valence-electron chi connectivity index (χ2n) is 8.81. The Kier molecular flexibility index (Phi) is 6.26. The quantitative estimate of drug-likeness (QED) is 0.595. The summed E-state index contributed by atoms with van der Waals surface area (Å²) in [5.41, 5.74) is 8.73. The highest BCUT2D eigenvalue weighted by Gasteiger charge is 2.46. The van der Waals surface area contributed by atoms with Gasteiger partial charge in [0, 0.05) is 18.5 Å². The number of halogens is 4. The molecule has 1 saturated carbocycles. The minimum Gasteiger partial charge on any atom is -0.316 e. The summed E-state index contributed by atoms with van der Waals surface area (Å²) in [5, 5.41) is 12.8. The highest BCUT2D eigenvalue weighted by Crippen LogP contribution is 2.48. The third kappa shape index (κ3) is 4.25. The van der Waals surface area contributed by atoms with Crippen LogP contribution in [0.5, 0.6) is 0 Å². The van der Waals surface area contributed by atoms with Gasteiger partial charge in [0.05, 0.1) is 23.6 Å². The highest BCUT2D eigenvalue weighted by atomic mass is 19.4. The van der Waals surface area contributed by atoms with Crippen LogP contribution in [0, 0.1) is 35.9 Å². The van der Waals surface area contributed by atoms with Crippen molar-refractivity contribution in [2.45, 2.75) is 50.5 Å². The lowest BCUT2D eigenvalue weighted by atomic mass is 9.66. The van der Waals surface area contributed by atoms with Gasteiger partial charge in [-0.05, 0) is 73.2 Å². The average Bonchev–Trinajstić information content (AvgIpc) is 3.15. The first kappa shape index (κ1) is 22.7. The molecule has 170 valence electrons. The fourth-order valence-electron chi connectivity index (χ4n) is 5.35. The van der Waals surface area contributed by atoms with Crippen molar-refractivity contribution in [1.29, 1.82) is 5.26 Å². The second kappa shape index (κ2) is 8.81. The minimum atomic E-state index is -4.38. The maximum atomic E-state index is 15.2. The zero-order valence-electron chi connectivity index (χ0n) is 17.9. The summed E-state index contributed by atoms with van der Waals surface area (Å²) in [6.45, 7) is 2.43. The molecule has 0 amide bonds. The lowest BCUT2D eigenvalue weighted by Gasteiger charge is -2.37. The standard InChI is InChI=1S/C24H26F4N4/c1-13-7-14(12-30-2)8-20(25)22(13)18-10-19-21(9-16(18)11-29)31-32-23(19)15-3-5-17(6-4-15)24(26,27)28/h3-8,16,18-19,21,23,30-32H,9-10,12H2,1-2H3. The first-order chi connectivity index (χ1) is 15.2. The molecule has 4 rings (SSSR count). The normalized spacial score (nSPS) is 27.7. The number of hydrazine groups is 1. The van der Waals surface area contributed by atoms with E-state index in [0.717, 1.165) is 28.8 Å². The molecule has 4 nitrogen and oxygen atoms in total. The number of hydrogen-bond acceptors (Lipinski definition) is 4. The first-order valence-corrected chi connectivity index (χ1v) is 10.7. The predicted octanol–water partition coefficient (Wildman–Crippen LogP) is 4.72. The van der Waals surface area contributed by atoms with Gasteiger partial charge >= 0.3 is 6.18 Å². The van der Waals surface area contributed by atoms with Crippen LogP contribution in [0.3, 0.4) is 0 Å². The molecule has 1 saturated heterocycles. The van der Waals surface area contributed by atoms with Crippen LogP contribution in [0.15, 0.2) is 36.4 Å². The number of nitrogens with one attached hydrogen (secondary N) is 3. The SMILES string of the molecule is CNCc1cc(C)c(C2CC3C(CC2C#N)NNC3c2ccc(C(F)(F)F)cc2)c(F)c1. The van der Waals surface area contributed by atoms with Crippen molar-refractivity contribution in [1.82, 2.24) is 16.2 Å². The van der Waals surface area contributed by atoms with E-state index < -0.39 is 11.7 Å². The van der Waals surface area contributed by atoms with Crippen molar-refractivity contribution in [3.63, 3.8) is 0 Å². The van der Waals surface area contributed by atoms with Gasteiger partial charge in [-0.15, -0.1) is 0 Å². The van der Waals surface area contributed by atoms with Crippen molar-refractivity contribution in [3.8, 4) is 6.07 Å². The summed E-state index contributed by atoms with van der Waals surface area (Å²) in [4.78, 5) is 0. The molecular weight excluding hydrogens is 420 g/mol. The Morgan fingerprint density at radius 3 is 2.44 bits per heavy atom. The van der Waals surface area contributed by atoms with Gasteiger partial charge in [-0.2, -0.15) is 18.4 Å². The Labute approximate surface area is 185 Å². The Balaban J connectivity index is 1.63. The fourth-order valence-corrected chi connectivity index (χ4v) is 5.35. The number of rotatable bonds is 4. The zero-order valence-corrected chi connectivity index (χ0v) is 17.9. The third-order valence-corrected chi connectivity index (χ3v) is 6.80. The number of nitrogens with zero attached hydrogens (tertiary/aromatic N) is 1. The molecular formula is C24H26F4N4. The first-order valence-electron chi connectivity index (χ1n) is 10.7. The molecule has 5 atom stereocenters. The van der Waals surface area contributed by atoms with Gasteiger partial charge in [0.25, 0.3) is 0 Å². The van der Waals surface area contributed by atoms with Crippen molar-refractivity contribution in [2.24, 2.45) is 11.8 Å². The van der Waals surface area contributed by atoms with Gasteiger partial charge in [-0.25, -0.2) is 9.82 Å². The fraction of sp³-hybridized carbons (Fsp3) is 0.458. The molecule has 2 aliphatic rings. The Morgan fingerprint density at radius 1 is 1.12 bits per heavy atom. The van der Waals surface area contributed by atoms with Gasteiger partial charge in [-0.1, -0.05) is 18.2 Å². The number of benzene rings is 2. The van der Waals surface area contributed by atoms with Crippen LogP contribution in [0.1, 0.15) is 52.6 Å². The molecule has 0 bridgehead atoms. The molecule has 32 heavy (non-hydrogen) atoms. The van der Waals surface area contributed by atoms with E-state index in [9.17, 15) is 18.4 Å². The lowest BCUT2D eigenvalue weighted by molar-refractivity contribution is -0.137. The van der Waals surface area contributed by atoms with Gasteiger partial charge in [0.1, 0.15) is 5.82 Å². The lowest BCUT2D eigenvalue weighted by Crippen LogP contribution is -2.39. The number of nitriles is 1. The van der Waals surface area contributed by atoms with Crippen LogP contribution in [0.4, 0.5) is 17.6 Å². The van der Waals surface area contributed by atoms with E-state index in [-0.39, 0.29) is 35.7 Å². The number of alkyl halides is 3. The molecule has 1 aliphatic heterocycles. The van der Waals surface area contributed by atoms with E-state index >= 15 is 4.39 Å². The molecule has 8 heteroatoms. The van der Waals surface area contributed by atoms with E-state index in [4.69, 9.17) is 0 Å². The molecule has 0 radical (unpaired) electrons. The van der Waals surface area contributed by atoms with E-state index in [1.807, 2.05) is 13.0 Å². The minimum absolute atomic E-state index is 0.00451. The summed E-state index contributed by atoms with van der Waals surface area (Å²) in [6.07, 6.45) is -3.27. The van der Waals surface area contributed by atoms with E-state index in [1.54, 1.807) is 7.05 Å². The monoisotopic (exact) mass is 446 g/mol. The number of hydrogen-bond donors (Lipinski definition) is 3. The van der Waals surface area contributed by atoms with Crippen LogP contribution in [-0.4, -0.2) is 13.1 Å². The average molecular weight is 446 g/mol. The summed E-state index contributed by atoms with van der Waals surface area (Å²) in [7, 11) is 1.80. The molecule has 2 fully saturated rings. The largest absolute Gasteiger partial charge is 0.416 e. The topological polar surface area (TPSA) is 59.9 Å². The van der Waals surface area contributed by atoms with Crippen molar-refractivity contribution in [3.05, 3.63) is 70.0 Å². The van der Waals surface area contributed by atoms with E-state index in [1.165, 1.54) is 18.2 Å². The van der Waals surface area contributed by atoms with Crippen LogP contribution in [0.25, 0.3) is 0 Å². The Morgan fingerprint density at radius 2 is 1.84 bits per heavy atom. The predicted molar refractivity (Wildman–Crippen MR) is 113 cm³/mol. The van der Waals surface area contributed by atoms with Crippen molar-refractivity contribution < 1.29 is 17.6 Å². The number of aryl methyl sites for hydroxylation is 1. The van der Waals surface area contributed by atoms with Gasteiger partial charge in [0.15, 0.2) is 0 Å².